The Labute approximate surface area is 128 Å². The first-order valence-electron chi connectivity index (χ1n) is 7.46. The van der Waals surface area contributed by atoms with Crippen molar-refractivity contribution in [3.05, 3.63) is 41.8 Å². The summed E-state index contributed by atoms with van der Waals surface area (Å²) in [5.74, 6) is 0.165. The van der Waals surface area contributed by atoms with Crippen molar-refractivity contribution < 1.29 is 9.18 Å². The first kappa shape index (κ1) is 14.6. The summed E-state index contributed by atoms with van der Waals surface area (Å²) in [6.07, 6.45) is 2.13. The van der Waals surface area contributed by atoms with Crippen molar-refractivity contribution in [2.24, 2.45) is 5.92 Å². The molecule has 0 radical (unpaired) electrons. The zero-order valence-corrected chi connectivity index (χ0v) is 12.5. The molecule has 3 rings (SSSR count). The van der Waals surface area contributed by atoms with Crippen molar-refractivity contribution in [2.75, 3.05) is 18.8 Å². The normalized spacial score (nSPS) is 18.5. The Morgan fingerprint density at radius 3 is 2.91 bits per heavy atom. The Hall–Kier alpha value is -2.37. The molecule has 2 aromatic rings. The Morgan fingerprint density at radius 2 is 2.18 bits per heavy atom. The van der Waals surface area contributed by atoms with Crippen LogP contribution in [0.15, 0.2) is 30.3 Å². The fourth-order valence-corrected chi connectivity index (χ4v) is 2.85. The second kappa shape index (κ2) is 5.79. The Bertz CT molecular complexity index is 697. The van der Waals surface area contributed by atoms with Gasteiger partial charge in [0.25, 0.3) is 5.91 Å². The molecule has 0 bridgehead atoms. The van der Waals surface area contributed by atoms with Gasteiger partial charge in [0, 0.05) is 19.2 Å². The molecule has 1 atom stereocenters. The molecule has 1 fully saturated rings. The first-order chi connectivity index (χ1) is 10.6. The summed E-state index contributed by atoms with van der Waals surface area (Å²) in [6, 6.07) is 7.72. The van der Waals surface area contributed by atoms with Crippen molar-refractivity contribution in [1.29, 1.82) is 0 Å². The molecule has 1 aromatic carbocycles. The summed E-state index contributed by atoms with van der Waals surface area (Å²) in [5, 5.41) is 4.20. The number of nitrogen functional groups attached to an aromatic ring is 1. The lowest BCUT2D eigenvalue weighted by molar-refractivity contribution is 0.0676. The Morgan fingerprint density at radius 1 is 1.41 bits per heavy atom. The van der Waals surface area contributed by atoms with Gasteiger partial charge >= 0.3 is 0 Å². The molecule has 2 N–H and O–H groups in total. The van der Waals surface area contributed by atoms with E-state index >= 15 is 0 Å². The molecule has 1 saturated heterocycles. The lowest BCUT2D eigenvalue weighted by atomic mass is 10.00. The van der Waals surface area contributed by atoms with E-state index in [1.807, 2.05) is 0 Å². The maximum Gasteiger partial charge on any atom is 0.274 e. The number of carbonyl (C=O) groups excluding carboxylic acids is 1. The van der Waals surface area contributed by atoms with Gasteiger partial charge in [0.2, 0.25) is 0 Å². The number of hydrogen-bond acceptors (Lipinski definition) is 3. The fraction of sp³-hybridized carbons (Fsp3) is 0.375. The molecule has 116 valence electrons. The third-order valence-corrected chi connectivity index (χ3v) is 3.98. The van der Waals surface area contributed by atoms with Crippen molar-refractivity contribution in [3.8, 4) is 5.69 Å². The standard InChI is InChI=1S/C16H19FN4O/c1-11-5-4-8-20(10-11)16(22)13-9-15(18)21(19-13)14-7-3-2-6-12(14)17/h2-3,6-7,9,11H,4-5,8,10,18H2,1H3. The molecule has 1 aliphatic heterocycles. The highest BCUT2D eigenvalue weighted by Gasteiger charge is 2.25. The van der Waals surface area contributed by atoms with Crippen LogP contribution in [0, 0.1) is 11.7 Å². The fourth-order valence-electron chi connectivity index (χ4n) is 2.85. The summed E-state index contributed by atoms with van der Waals surface area (Å²) in [6.45, 7) is 3.59. The lowest BCUT2D eigenvalue weighted by Crippen LogP contribution is -2.39. The summed E-state index contributed by atoms with van der Waals surface area (Å²) in [5.41, 5.74) is 6.40. The Balaban J connectivity index is 1.89. The summed E-state index contributed by atoms with van der Waals surface area (Å²) in [7, 11) is 0. The summed E-state index contributed by atoms with van der Waals surface area (Å²) in [4.78, 5) is 14.3. The van der Waals surface area contributed by atoms with Gasteiger partial charge in [0.15, 0.2) is 5.69 Å². The molecule has 1 aromatic heterocycles. The number of rotatable bonds is 2. The zero-order valence-electron chi connectivity index (χ0n) is 12.5. The number of likely N-dealkylation sites (tertiary alicyclic amines) is 1. The molecule has 2 heterocycles. The van der Waals surface area contributed by atoms with E-state index in [4.69, 9.17) is 5.73 Å². The van der Waals surface area contributed by atoms with Crippen LogP contribution in [-0.2, 0) is 0 Å². The molecule has 1 amide bonds. The second-order valence-electron chi connectivity index (χ2n) is 5.82. The van der Waals surface area contributed by atoms with E-state index in [0.717, 1.165) is 25.9 Å². The van der Waals surface area contributed by atoms with Crippen LogP contribution in [-0.4, -0.2) is 33.7 Å². The number of nitrogens with zero attached hydrogens (tertiary/aromatic N) is 3. The minimum atomic E-state index is -0.428. The maximum absolute atomic E-state index is 13.9. The lowest BCUT2D eigenvalue weighted by Gasteiger charge is -2.30. The molecular formula is C16H19FN4O. The van der Waals surface area contributed by atoms with Gasteiger partial charge in [0.1, 0.15) is 17.3 Å². The molecule has 0 saturated carbocycles. The highest BCUT2D eigenvalue weighted by Crippen LogP contribution is 2.21. The minimum absolute atomic E-state index is 0.145. The highest BCUT2D eigenvalue weighted by atomic mass is 19.1. The van der Waals surface area contributed by atoms with E-state index in [1.54, 1.807) is 23.1 Å². The van der Waals surface area contributed by atoms with Crippen molar-refractivity contribution in [1.82, 2.24) is 14.7 Å². The zero-order chi connectivity index (χ0) is 15.7. The van der Waals surface area contributed by atoms with Crippen LogP contribution >= 0.6 is 0 Å². The van der Waals surface area contributed by atoms with Gasteiger partial charge in [-0.2, -0.15) is 5.10 Å². The van der Waals surface area contributed by atoms with E-state index in [2.05, 4.69) is 12.0 Å². The molecule has 0 aliphatic carbocycles. The third kappa shape index (κ3) is 2.68. The van der Waals surface area contributed by atoms with E-state index in [-0.39, 0.29) is 23.1 Å². The molecular weight excluding hydrogens is 283 g/mol. The number of aromatic nitrogens is 2. The van der Waals surface area contributed by atoms with E-state index in [0.29, 0.717) is 5.92 Å². The van der Waals surface area contributed by atoms with E-state index in [9.17, 15) is 9.18 Å². The summed E-state index contributed by atoms with van der Waals surface area (Å²) >= 11 is 0. The summed E-state index contributed by atoms with van der Waals surface area (Å²) < 4.78 is 15.1. The number of piperidine rings is 1. The molecule has 0 spiro atoms. The predicted molar refractivity (Wildman–Crippen MR) is 82.2 cm³/mol. The third-order valence-electron chi connectivity index (χ3n) is 3.98. The topological polar surface area (TPSA) is 64.2 Å². The van der Waals surface area contributed by atoms with Gasteiger partial charge in [0.05, 0.1) is 0 Å². The number of nitrogens with two attached hydrogens (primary N) is 1. The van der Waals surface area contributed by atoms with Gasteiger partial charge in [-0.05, 0) is 30.9 Å². The van der Waals surface area contributed by atoms with Crippen LogP contribution in [0.4, 0.5) is 10.2 Å². The van der Waals surface area contributed by atoms with E-state index < -0.39 is 5.82 Å². The largest absolute Gasteiger partial charge is 0.384 e. The number of para-hydroxylation sites is 1. The van der Waals surface area contributed by atoms with Crippen LogP contribution in [0.5, 0.6) is 0 Å². The Kier molecular flexibility index (Phi) is 3.83. The highest BCUT2D eigenvalue weighted by molar-refractivity contribution is 5.93. The first-order valence-corrected chi connectivity index (χ1v) is 7.46. The van der Waals surface area contributed by atoms with Gasteiger partial charge in [-0.3, -0.25) is 4.79 Å². The van der Waals surface area contributed by atoms with E-state index in [1.165, 1.54) is 16.8 Å². The van der Waals surface area contributed by atoms with Crippen molar-refractivity contribution >= 4 is 11.7 Å². The van der Waals surface area contributed by atoms with Crippen molar-refractivity contribution in [2.45, 2.75) is 19.8 Å². The molecule has 22 heavy (non-hydrogen) atoms. The maximum atomic E-state index is 13.9. The van der Waals surface area contributed by atoms with Crippen LogP contribution in [0.3, 0.4) is 0 Å². The predicted octanol–water partition coefficient (Wildman–Crippen LogP) is 2.47. The van der Waals surface area contributed by atoms with Crippen LogP contribution < -0.4 is 5.73 Å². The molecule has 5 nitrogen and oxygen atoms in total. The number of anilines is 1. The van der Waals surface area contributed by atoms with Gasteiger partial charge < -0.3 is 10.6 Å². The van der Waals surface area contributed by atoms with Crippen LogP contribution in [0.25, 0.3) is 5.69 Å². The van der Waals surface area contributed by atoms with Crippen LogP contribution in [0.1, 0.15) is 30.3 Å². The van der Waals surface area contributed by atoms with Gasteiger partial charge in [-0.25, -0.2) is 9.07 Å². The monoisotopic (exact) mass is 302 g/mol. The SMILES string of the molecule is CC1CCCN(C(=O)c2cc(N)n(-c3ccccc3F)n2)C1. The van der Waals surface area contributed by atoms with Gasteiger partial charge in [-0.15, -0.1) is 0 Å². The number of carbonyl (C=O) groups is 1. The number of benzene rings is 1. The average molecular weight is 302 g/mol. The van der Waals surface area contributed by atoms with Crippen molar-refractivity contribution in [3.63, 3.8) is 0 Å². The number of halogens is 1. The second-order valence-corrected chi connectivity index (χ2v) is 5.82. The molecule has 1 unspecified atom stereocenters. The average Bonchev–Trinajstić information content (AvgIpc) is 2.89. The molecule has 6 heteroatoms. The van der Waals surface area contributed by atoms with Gasteiger partial charge in [-0.1, -0.05) is 19.1 Å². The number of amides is 1. The smallest absolute Gasteiger partial charge is 0.274 e. The van der Waals surface area contributed by atoms with Crippen LogP contribution in [0.2, 0.25) is 0 Å². The quantitative estimate of drug-likeness (QED) is 0.927. The molecule has 1 aliphatic rings. The minimum Gasteiger partial charge on any atom is -0.384 e. The number of hydrogen-bond donors (Lipinski definition) is 1.